The average molecular weight is 416 g/mol. The maximum atomic E-state index is 12.6. The number of hydrogen-bond donors (Lipinski definition) is 1. The molecule has 0 saturated carbocycles. The lowest BCUT2D eigenvalue weighted by atomic mass is 10.1. The van der Waals surface area contributed by atoms with E-state index in [0.29, 0.717) is 5.56 Å². The van der Waals surface area contributed by atoms with Gasteiger partial charge in [0, 0.05) is 10.0 Å². The highest BCUT2D eigenvalue weighted by molar-refractivity contribution is 9.10. The highest BCUT2D eigenvalue weighted by atomic mass is 79.9. The lowest BCUT2D eigenvalue weighted by Crippen LogP contribution is -2.30. The largest absolute Gasteiger partial charge is 0.460 e. The van der Waals surface area contributed by atoms with E-state index >= 15 is 0 Å². The standard InChI is InChI=1S/C17H13BrF3NO3/c18-14-6-4-12(5-7-14)16(24)22-9-15(23)25-10-11-2-1-3-13(8-11)17(19,20)21/h1-8H,9-10H2,(H,22,24). The van der Waals surface area contributed by atoms with Crippen LogP contribution in [-0.4, -0.2) is 18.4 Å². The Balaban J connectivity index is 1.83. The molecular weight excluding hydrogens is 403 g/mol. The summed E-state index contributed by atoms with van der Waals surface area (Å²) < 4.78 is 43.5. The maximum absolute atomic E-state index is 12.6. The minimum Gasteiger partial charge on any atom is -0.460 e. The minimum atomic E-state index is -4.46. The number of hydrogen-bond acceptors (Lipinski definition) is 3. The molecule has 0 spiro atoms. The SMILES string of the molecule is O=C(CNC(=O)c1ccc(Br)cc1)OCc1cccc(C(F)(F)F)c1. The molecule has 0 heterocycles. The van der Waals surface area contributed by atoms with Gasteiger partial charge in [-0.15, -0.1) is 0 Å². The summed E-state index contributed by atoms with van der Waals surface area (Å²) in [6.07, 6.45) is -4.46. The van der Waals surface area contributed by atoms with E-state index in [4.69, 9.17) is 4.74 Å². The van der Waals surface area contributed by atoms with Gasteiger partial charge in [0.15, 0.2) is 0 Å². The fourth-order valence-corrected chi connectivity index (χ4v) is 2.17. The first-order valence-electron chi connectivity index (χ1n) is 7.11. The Morgan fingerprint density at radius 2 is 1.76 bits per heavy atom. The van der Waals surface area contributed by atoms with Gasteiger partial charge in [0.25, 0.3) is 5.91 Å². The highest BCUT2D eigenvalue weighted by Gasteiger charge is 2.30. The number of carbonyl (C=O) groups is 2. The van der Waals surface area contributed by atoms with Crippen LogP contribution in [0, 0.1) is 0 Å². The van der Waals surface area contributed by atoms with Crippen LogP contribution in [-0.2, 0) is 22.3 Å². The van der Waals surface area contributed by atoms with Crippen LogP contribution < -0.4 is 5.32 Å². The van der Waals surface area contributed by atoms with E-state index in [9.17, 15) is 22.8 Å². The molecule has 1 amide bonds. The van der Waals surface area contributed by atoms with Crippen molar-refractivity contribution in [2.45, 2.75) is 12.8 Å². The second kappa shape index (κ2) is 8.15. The lowest BCUT2D eigenvalue weighted by Gasteiger charge is -2.10. The van der Waals surface area contributed by atoms with Gasteiger partial charge in [-0.05, 0) is 42.0 Å². The van der Waals surface area contributed by atoms with Crippen LogP contribution in [0.15, 0.2) is 53.0 Å². The van der Waals surface area contributed by atoms with Gasteiger partial charge in [0.05, 0.1) is 5.56 Å². The van der Waals surface area contributed by atoms with Crippen molar-refractivity contribution in [3.05, 3.63) is 69.7 Å². The molecule has 2 aromatic rings. The Bertz CT molecular complexity index is 760. The number of alkyl halides is 3. The van der Waals surface area contributed by atoms with Gasteiger partial charge in [0.1, 0.15) is 13.2 Å². The Morgan fingerprint density at radius 3 is 2.40 bits per heavy atom. The molecule has 0 atom stereocenters. The predicted molar refractivity (Wildman–Crippen MR) is 87.7 cm³/mol. The average Bonchev–Trinajstić information content (AvgIpc) is 2.58. The van der Waals surface area contributed by atoms with Crippen LogP contribution in [0.4, 0.5) is 13.2 Å². The van der Waals surface area contributed by atoms with Crippen molar-refractivity contribution in [2.24, 2.45) is 0 Å². The molecule has 0 radical (unpaired) electrons. The van der Waals surface area contributed by atoms with E-state index in [-0.39, 0.29) is 18.7 Å². The zero-order chi connectivity index (χ0) is 18.4. The fourth-order valence-electron chi connectivity index (χ4n) is 1.91. The van der Waals surface area contributed by atoms with Crippen LogP contribution in [0.1, 0.15) is 21.5 Å². The molecule has 1 N–H and O–H groups in total. The number of rotatable bonds is 5. The van der Waals surface area contributed by atoms with Crippen LogP contribution in [0.2, 0.25) is 0 Å². The Labute approximate surface area is 150 Å². The number of halogens is 4. The van der Waals surface area contributed by atoms with Crippen molar-refractivity contribution in [1.82, 2.24) is 5.32 Å². The van der Waals surface area contributed by atoms with Crippen LogP contribution in [0.25, 0.3) is 0 Å². The van der Waals surface area contributed by atoms with Crippen LogP contribution in [0.3, 0.4) is 0 Å². The molecular formula is C17H13BrF3NO3. The number of amides is 1. The Kier molecular flexibility index (Phi) is 6.19. The minimum absolute atomic E-state index is 0.211. The van der Waals surface area contributed by atoms with Crippen molar-refractivity contribution in [3.8, 4) is 0 Å². The number of carbonyl (C=O) groups excluding carboxylic acids is 2. The zero-order valence-corrected chi connectivity index (χ0v) is 14.4. The molecule has 0 unspecified atom stereocenters. The molecule has 0 aromatic heterocycles. The van der Waals surface area contributed by atoms with Gasteiger partial charge in [-0.1, -0.05) is 28.1 Å². The first kappa shape index (κ1) is 19.0. The van der Waals surface area contributed by atoms with Crippen LogP contribution >= 0.6 is 15.9 Å². The molecule has 0 aliphatic rings. The Morgan fingerprint density at radius 1 is 1.08 bits per heavy atom. The first-order valence-corrected chi connectivity index (χ1v) is 7.90. The van der Waals surface area contributed by atoms with Crippen LogP contribution in [0.5, 0.6) is 0 Å². The van der Waals surface area contributed by atoms with Crippen molar-refractivity contribution < 1.29 is 27.5 Å². The van der Waals surface area contributed by atoms with E-state index in [0.717, 1.165) is 16.6 Å². The van der Waals surface area contributed by atoms with Crippen molar-refractivity contribution in [3.63, 3.8) is 0 Å². The topological polar surface area (TPSA) is 55.4 Å². The molecule has 8 heteroatoms. The molecule has 2 rings (SSSR count). The summed E-state index contributed by atoms with van der Waals surface area (Å²) in [6.45, 7) is -0.690. The summed E-state index contributed by atoms with van der Waals surface area (Å²) in [5.74, 6) is -1.20. The summed E-state index contributed by atoms with van der Waals surface area (Å²) in [5, 5.41) is 2.38. The second-order valence-corrected chi connectivity index (χ2v) is 5.96. The van der Waals surface area contributed by atoms with Crippen molar-refractivity contribution in [1.29, 1.82) is 0 Å². The number of nitrogens with one attached hydrogen (secondary N) is 1. The molecule has 132 valence electrons. The van der Waals surface area contributed by atoms with Gasteiger partial charge in [-0.3, -0.25) is 9.59 Å². The van der Waals surface area contributed by atoms with Gasteiger partial charge >= 0.3 is 12.1 Å². The molecule has 0 aliphatic carbocycles. The molecule has 25 heavy (non-hydrogen) atoms. The van der Waals surface area contributed by atoms with Gasteiger partial charge < -0.3 is 10.1 Å². The fraction of sp³-hybridized carbons (Fsp3) is 0.176. The molecule has 0 aliphatic heterocycles. The van der Waals surface area contributed by atoms with Crippen molar-refractivity contribution in [2.75, 3.05) is 6.54 Å². The second-order valence-electron chi connectivity index (χ2n) is 5.05. The highest BCUT2D eigenvalue weighted by Crippen LogP contribution is 2.29. The lowest BCUT2D eigenvalue weighted by molar-refractivity contribution is -0.143. The summed E-state index contributed by atoms with van der Waals surface area (Å²) >= 11 is 3.24. The summed E-state index contributed by atoms with van der Waals surface area (Å²) in [7, 11) is 0. The van der Waals surface area contributed by atoms with E-state index in [1.165, 1.54) is 12.1 Å². The van der Waals surface area contributed by atoms with Gasteiger partial charge in [0.2, 0.25) is 0 Å². The maximum Gasteiger partial charge on any atom is 0.416 e. The molecule has 0 saturated heterocycles. The Hall–Kier alpha value is -2.35. The quantitative estimate of drug-likeness (QED) is 0.752. The van der Waals surface area contributed by atoms with Gasteiger partial charge in [-0.2, -0.15) is 13.2 Å². The number of ether oxygens (including phenoxy) is 1. The summed E-state index contributed by atoms with van der Waals surface area (Å²) in [5.41, 5.74) is -0.235. The predicted octanol–water partition coefficient (Wildman–Crippen LogP) is 3.94. The molecule has 4 nitrogen and oxygen atoms in total. The molecule has 0 bridgehead atoms. The molecule has 0 fully saturated rings. The molecule has 2 aromatic carbocycles. The smallest absolute Gasteiger partial charge is 0.416 e. The monoisotopic (exact) mass is 415 g/mol. The third kappa shape index (κ3) is 5.90. The third-order valence-corrected chi connectivity index (χ3v) is 3.68. The van der Waals surface area contributed by atoms with E-state index in [2.05, 4.69) is 21.2 Å². The zero-order valence-electron chi connectivity index (χ0n) is 12.8. The summed E-state index contributed by atoms with van der Waals surface area (Å²) in [6, 6.07) is 11.0. The number of benzene rings is 2. The van der Waals surface area contributed by atoms with Gasteiger partial charge in [-0.25, -0.2) is 0 Å². The normalized spacial score (nSPS) is 11.0. The third-order valence-electron chi connectivity index (χ3n) is 3.15. The van der Waals surface area contributed by atoms with E-state index < -0.39 is 23.6 Å². The van der Waals surface area contributed by atoms with E-state index in [1.54, 1.807) is 24.3 Å². The van der Waals surface area contributed by atoms with Crippen molar-refractivity contribution >= 4 is 27.8 Å². The number of esters is 1. The summed E-state index contributed by atoms with van der Waals surface area (Å²) in [4.78, 5) is 23.5. The van der Waals surface area contributed by atoms with E-state index in [1.807, 2.05) is 0 Å². The first-order chi connectivity index (χ1) is 11.8.